The maximum absolute atomic E-state index is 12.6. The van der Waals surface area contributed by atoms with Crippen molar-refractivity contribution in [3.8, 4) is 5.75 Å². The van der Waals surface area contributed by atoms with Gasteiger partial charge in [0.25, 0.3) is 5.91 Å². The Morgan fingerprint density at radius 1 is 1.11 bits per heavy atom. The third kappa shape index (κ3) is 10.1. The summed E-state index contributed by atoms with van der Waals surface area (Å²) in [6.07, 6.45) is 5.40. The van der Waals surface area contributed by atoms with Crippen molar-refractivity contribution in [2.75, 3.05) is 13.2 Å². The summed E-state index contributed by atoms with van der Waals surface area (Å²) < 4.78 is 5.53. The van der Waals surface area contributed by atoms with Crippen molar-refractivity contribution < 1.29 is 19.1 Å². The van der Waals surface area contributed by atoms with E-state index in [0.29, 0.717) is 12.2 Å². The zero-order valence-corrected chi connectivity index (χ0v) is 17.0. The number of nitrogens with zero attached hydrogens (tertiary/aromatic N) is 1. The van der Waals surface area contributed by atoms with Gasteiger partial charge in [0, 0.05) is 12.8 Å². The molecular weight excluding hydrogens is 358 g/mol. The lowest BCUT2D eigenvalue weighted by atomic mass is 10.1. The molecule has 3 N–H and O–H groups in total. The molecule has 2 amide bonds. The number of nitrogens with two attached hydrogens (primary N) is 1. The van der Waals surface area contributed by atoms with E-state index in [1.54, 1.807) is 0 Å². The van der Waals surface area contributed by atoms with Crippen molar-refractivity contribution in [2.24, 2.45) is 5.84 Å². The molecule has 0 radical (unpaired) electrons. The Bertz CT molecular complexity index is 607. The number of nitrogens with one attached hydrogen (secondary N) is 1. The highest BCUT2D eigenvalue weighted by atomic mass is 16.5. The van der Waals surface area contributed by atoms with Crippen LogP contribution >= 0.6 is 0 Å². The number of carbonyl (C=O) groups excluding carboxylic acids is 3. The van der Waals surface area contributed by atoms with Crippen molar-refractivity contribution in [1.29, 1.82) is 0 Å². The van der Waals surface area contributed by atoms with Crippen LogP contribution in [-0.2, 0) is 14.4 Å². The molecule has 0 saturated carbocycles. The van der Waals surface area contributed by atoms with Gasteiger partial charge in [-0.25, -0.2) is 5.84 Å². The first kappa shape index (κ1) is 23.6. The van der Waals surface area contributed by atoms with E-state index >= 15 is 0 Å². The Hall–Kier alpha value is -2.41. The summed E-state index contributed by atoms with van der Waals surface area (Å²) in [7, 11) is 0. The Balaban J connectivity index is 2.46. The average molecular weight is 392 g/mol. The van der Waals surface area contributed by atoms with Crippen LogP contribution in [0.25, 0.3) is 0 Å². The monoisotopic (exact) mass is 391 g/mol. The van der Waals surface area contributed by atoms with Crippen molar-refractivity contribution >= 4 is 17.6 Å². The summed E-state index contributed by atoms with van der Waals surface area (Å²) in [5, 5.41) is 3.65. The van der Waals surface area contributed by atoms with Crippen LogP contribution in [0.1, 0.15) is 58.8 Å². The van der Waals surface area contributed by atoms with Crippen molar-refractivity contribution in [3.63, 3.8) is 0 Å². The van der Waals surface area contributed by atoms with Gasteiger partial charge in [-0.2, -0.15) is 0 Å². The van der Waals surface area contributed by atoms with E-state index < -0.39 is 11.9 Å². The molecule has 1 aromatic rings. The fourth-order valence-corrected chi connectivity index (χ4v) is 2.73. The first-order valence-electron chi connectivity index (χ1n) is 9.96. The van der Waals surface area contributed by atoms with Crippen LogP contribution in [0.15, 0.2) is 30.3 Å². The topological polar surface area (TPSA) is 102 Å². The summed E-state index contributed by atoms with van der Waals surface area (Å²) >= 11 is 0. The number of para-hydroxylation sites is 1. The minimum atomic E-state index is -0.942. The number of unbranched alkanes of at least 4 members (excludes halogenated alkanes) is 4. The van der Waals surface area contributed by atoms with E-state index in [9.17, 15) is 14.4 Å². The normalized spacial score (nSPS) is 11.5. The zero-order valence-electron chi connectivity index (χ0n) is 17.0. The molecule has 0 saturated heterocycles. The summed E-state index contributed by atoms with van der Waals surface area (Å²) in [5.41, 5.74) is 0. The number of ether oxygens (including phenoxy) is 1. The standard InChI is InChI=1S/C21H33N3O4/c1-3-4-5-6-10-13-20(26)23-19(16-17(2)25)21(27)24(22)14-15-28-18-11-8-7-9-12-18/h7-9,11-12,19H,3-6,10,13-16,22H2,1-2H3,(H,23,26)/t19-/m1/s1. The molecule has 0 heterocycles. The Morgan fingerprint density at radius 2 is 1.79 bits per heavy atom. The molecular formula is C21H33N3O4. The van der Waals surface area contributed by atoms with Crippen LogP contribution in [0.3, 0.4) is 0 Å². The van der Waals surface area contributed by atoms with Gasteiger partial charge in [0.15, 0.2) is 0 Å². The van der Waals surface area contributed by atoms with E-state index in [1.165, 1.54) is 6.92 Å². The van der Waals surface area contributed by atoms with Gasteiger partial charge < -0.3 is 10.1 Å². The summed E-state index contributed by atoms with van der Waals surface area (Å²) in [5.74, 6) is 5.60. The number of rotatable bonds is 14. The number of amides is 2. The number of hydrogen-bond acceptors (Lipinski definition) is 5. The molecule has 0 aliphatic rings. The molecule has 0 spiro atoms. The van der Waals surface area contributed by atoms with E-state index in [2.05, 4.69) is 12.2 Å². The van der Waals surface area contributed by atoms with Crippen molar-refractivity contribution in [3.05, 3.63) is 30.3 Å². The van der Waals surface area contributed by atoms with Gasteiger partial charge in [-0.05, 0) is 25.5 Å². The molecule has 7 heteroatoms. The zero-order chi connectivity index (χ0) is 20.8. The Morgan fingerprint density at radius 3 is 2.43 bits per heavy atom. The second-order valence-corrected chi connectivity index (χ2v) is 6.88. The number of ketones is 1. The molecule has 1 atom stereocenters. The van der Waals surface area contributed by atoms with E-state index in [-0.39, 0.29) is 31.3 Å². The highest BCUT2D eigenvalue weighted by molar-refractivity contribution is 5.91. The molecule has 28 heavy (non-hydrogen) atoms. The van der Waals surface area contributed by atoms with Crippen LogP contribution < -0.4 is 15.9 Å². The number of Topliss-reactive ketones (excluding diaryl/α,β-unsaturated/α-hetero) is 1. The van der Waals surface area contributed by atoms with Gasteiger partial charge in [0.05, 0.1) is 6.54 Å². The summed E-state index contributed by atoms with van der Waals surface area (Å²) in [6, 6.07) is 8.25. The molecule has 1 rings (SSSR count). The fraction of sp³-hybridized carbons (Fsp3) is 0.571. The molecule has 0 bridgehead atoms. The van der Waals surface area contributed by atoms with Gasteiger partial charge in [0.1, 0.15) is 24.2 Å². The minimum absolute atomic E-state index is 0.0757. The van der Waals surface area contributed by atoms with Gasteiger partial charge in [-0.1, -0.05) is 50.8 Å². The fourth-order valence-electron chi connectivity index (χ4n) is 2.73. The number of hydrogen-bond donors (Lipinski definition) is 2. The molecule has 1 aromatic carbocycles. The largest absolute Gasteiger partial charge is 0.492 e. The first-order chi connectivity index (χ1) is 13.4. The van der Waals surface area contributed by atoms with Crippen LogP contribution in [0.2, 0.25) is 0 Å². The number of carbonyl (C=O) groups is 3. The highest BCUT2D eigenvalue weighted by Gasteiger charge is 2.25. The second kappa shape index (κ2) is 13.7. The molecule has 156 valence electrons. The number of benzene rings is 1. The van der Waals surface area contributed by atoms with Crippen LogP contribution in [-0.4, -0.2) is 41.8 Å². The second-order valence-electron chi connectivity index (χ2n) is 6.88. The lowest BCUT2D eigenvalue weighted by molar-refractivity contribution is -0.138. The SMILES string of the molecule is CCCCCCCC(=O)N[C@H](CC(C)=O)C(=O)N(N)CCOc1ccccc1. The Kier molecular flexibility index (Phi) is 11.6. The Labute approximate surface area is 167 Å². The lowest BCUT2D eigenvalue weighted by Gasteiger charge is -2.23. The number of hydrazine groups is 1. The van der Waals surface area contributed by atoms with Gasteiger partial charge in [-0.3, -0.25) is 19.4 Å². The third-order valence-electron chi connectivity index (χ3n) is 4.26. The molecule has 0 aliphatic heterocycles. The maximum atomic E-state index is 12.6. The summed E-state index contributed by atoms with van der Waals surface area (Å²) in [4.78, 5) is 36.2. The third-order valence-corrected chi connectivity index (χ3v) is 4.26. The predicted molar refractivity (Wildman–Crippen MR) is 108 cm³/mol. The lowest BCUT2D eigenvalue weighted by Crippen LogP contribution is -2.52. The molecule has 0 fully saturated rings. The average Bonchev–Trinajstić information content (AvgIpc) is 2.67. The highest BCUT2D eigenvalue weighted by Crippen LogP contribution is 2.08. The van der Waals surface area contributed by atoms with Gasteiger partial charge in [0.2, 0.25) is 5.91 Å². The summed E-state index contributed by atoms with van der Waals surface area (Å²) in [6.45, 7) is 3.88. The molecule has 0 aromatic heterocycles. The van der Waals surface area contributed by atoms with Crippen LogP contribution in [0, 0.1) is 0 Å². The quantitative estimate of drug-likeness (QED) is 0.220. The van der Waals surface area contributed by atoms with Crippen LogP contribution in [0.5, 0.6) is 5.75 Å². The van der Waals surface area contributed by atoms with Crippen molar-refractivity contribution in [2.45, 2.75) is 64.8 Å². The van der Waals surface area contributed by atoms with Gasteiger partial charge >= 0.3 is 0 Å². The molecule has 0 unspecified atom stereocenters. The van der Waals surface area contributed by atoms with E-state index in [1.807, 2.05) is 30.3 Å². The smallest absolute Gasteiger partial charge is 0.259 e. The van der Waals surface area contributed by atoms with Crippen molar-refractivity contribution in [1.82, 2.24) is 10.3 Å². The molecule has 7 nitrogen and oxygen atoms in total. The maximum Gasteiger partial charge on any atom is 0.259 e. The minimum Gasteiger partial charge on any atom is -0.492 e. The van der Waals surface area contributed by atoms with E-state index in [4.69, 9.17) is 10.6 Å². The molecule has 0 aliphatic carbocycles. The first-order valence-corrected chi connectivity index (χ1v) is 9.96. The van der Waals surface area contributed by atoms with Gasteiger partial charge in [-0.15, -0.1) is 0 Å². The van der Waals surface area contributed by atoms with Crippen LogP contribution in [0.4, 0.5) is 0 Å². The predicted octanol–water partition coefficient (Wildman–Crippen LogP) is 2.59. The van der Waals surface area contributed by atoms with E-state index in [0.717, 1.165) is 37.1 Å².